The molecule has 2 heterocycles. The predicted octanol–water partition coefficient (Wildman–Crippen LogP) is 4.32. The molecule has 0 saturated heterocycles. The Morgan fingerprint density at radius 3 is 2.31 bits per heavy atom. The molecule has 0 atom stereocenters. The predicted molar refractivity (Wildman–Crippen MR) is 105 cm³/mol. The molecule has 6 heteroatoms. The molecule has 0 aliphatic heterocycles. The summed E-state index contributed by atoms with van der Waals surface area (Å²) in [5.74, 6) is 3.36. The number of nitrogens with two attached hydrogens (primary N) is 1. The fraction of sp³-hybridized carbons (Fsp3) is 0.200. The maximum absolute atomic E-state index is 6.10. The van der Waals surface area contributed by atoms with Crippen LogP contribution in [0.3, 0.4) is 0 Å². The van der Waals surface area contributed by atoms with Gasteiger partial charge in [0.05, 0.1) is 16.8 Å². The number of aromatic nitrogens is 4. The number of fused-ring (bicyclic) bond motifs is 2. The summed E-state index contributed by atoms with van der Waals surface area (Å²) in [6.07, 6.45) is 2.37. The van der Waals surface area contributed by atoms with Gasteiger partial charge in [-0.1, -0.05) is 42.1 Å². The third-order valence-electron chi connectivity index (χ3n) is 4.55. The number of benzene rings is 2. The highest BCUT2D eigenvalue weighted by Crippen LogP contribution is 2.40. The van der Waals surface area contributed by atoms with Gasteiger partial charge in [-0.05, 0) is 31.0 Å². The van der Waals surface area contributed by atoms with Gasteiger partial charge >= 0.3 is 0 Å². The van der Waals surface area contributed by atoms with Crippen molar-refractivity contribution in [2.75, 3.05) is 5.73 Å². The van der Waals surface area contributed by atoms with Crippen molar-refractivity contribution in [1.82, 2.24) is 19.9 Å². The Kier molecular flexibility index (Phi) is 3.71. The van der Waals surface area contributed by atoms with E-state index in [1.807, 2.05) is 36.4 Å². The highest BCUT2D eigenvalue weighted by molar-refractivity contribution is 7.98. The van der Waals surface area contributed by atoms with E-state index in [2.05, 4.69) is 22.1 Å². The van der Waals surface area contributed by atoms with Crippen molar-refractivity contribution in [3.05, 3.63) is 60.2 Å². The molecule has 5 nitrogen and oxygen atoms in total. The molecule has 0 unspecified atom stereocenters. The summed E-state index contributed by atoms with van der Waals surface area (Å²) < 4.78 is 0. The molecule has 5 rings (SSSR count). The molecule has 2 aromatic heterocycles. The second kappa shape index (κ2) is 6.21. The second-order valence-electron chi connectivity index (χ2n) is 6.51. The molecular weight excluding hydrogens is 342 g/mol. The van der Waals surface area contributed by atoms with Gasteiger partial charge in [-0.15, -0.1) is 0 Å². The van der Waals surface area contributed by atoms with Crippen LogP contribution in [0.5, 0.6) is 0 Å². The van der Waals surface area contributed by atoms with Crippen molar-refractivity contribution in [2.45, 2.75) is 29.5 Å². The fourth-order valence-electron chi connectivity index (χ4n) is 3.05. The van der Waals surface area contributed by atoms with Crippen LogP contribution < -0.4 is 5.73 Å². The van der Waals surface area contributed by atoms with Gasteiger partial charge in [0.15, 0.2) is 0 Å². The lowest BCUT2D eigenvalue weighted by atomic mass is 10.2. The summed E-state index contributed by atoms with van der Waals surface area (Å²) >= 11 is 1.65. The smallest absolute Gasteiger partial charge is 0.141 e. The minimum atomic E-state index is 0.520. The van der Waals surface area contributed by atoms with E-state index in [9.17, 15) is 0 Å². The van der Waals surface area contributed by atoms with Gasteiger partial charge in [0.25, 0.3) is 0 Å². The molecule has 2 aromatic carbocycles. The first-order valence-electron chi connectivity index (χ1n) is 8.68. The van der Waals surface area contributed by atoms with Gasteiger partial charge < -0.3 is 5.73 Å². The molecule has 1 saturated carbocycles. The van der Waals surface area contributed by atoms with E-state index >= 15 is 0 Å². The molecular formula is C20H17N5S. The Morgan fingerprint density at radius 1 is 0.846 bits per heavy atom. The van der Waals surface area contributed by atoms with Crippen LogP contribution in [0.4, 0.5) is 5.82 Å². The van der Waals surface area contributed by atoms with Crippen LogP contribution >= 0.6 is 11.8 Å². The van der Waals surface area contributed by atoms with Gasteiger partial charge in [-0.25, -0.2) is 19.9 Å². The van der Waals surface area contributed by atoms with E-state index < -0.39 is 0 Å². The number of thioether (sulfide) groups is 1. The largest absolute Gasteiger partial charge is 0.383 e. The maximum Gasteiger partial charge on any atom is 0.141 e. The molecule has 128 valence electrons. The lowest BCUT2D eigenvalue weighted by Crippen LogP contribution is -2.01. The first-order valence-corrected chi connectivity index (χ1v) is 9.67. The van der Waals surface area contributed by atoms with Crippen molar-refractivity contribution in [3.8, 4) is 0 Å². The monoisotopic (exact) mass is 359 g/mol. The van der Waals surface area contributed by atoms with Crippen LogP contribution in [0.1, 0.15) is 30.4 Å². The number of hydrogen-bond donors (Lipinski definition) is 1. The van der Waals surface area contributed by atoms with Crippen LogP contribution in [0, 0.1) is 0 Å². The molecule has 0 spiro atoms. The zero-order valence-corrected chi connectivity index (χ0v) is 14.9. The lowest BCUT2D eigenvalue weighted by Gasteiger charge is -2.08. The molecule has 26 heavy (non-hydrogen) atoms. The van der Waals surface area contributed by atoms with Crippen LogP contribution in [0.2, 0.25) is 0 Å². The standard InChI is InChI=1S/C20H17N5S/c21-18-13-5-1-3-7-15(13)22-17(24-18)11-26-20-14-6-2-4-8-16(14)23-19(25-20)12-9-10-12/h1-8,12H,9-11H2,(H2,21,22,24). The summed E-state index contributed by atoms with van der Waals surface area (Å²) in [4.78, 5) is 18.7. The Labute approximate surface area is 155 Å². The number of hydrogen-bond acceptors (Lipinski definition) is 6. The van der Waals surface area contributed by atoms with Gasteiger partial charge in [-0.2, -0.15) is 0 Å². The number of nitrogen functional groups attached to an aromatic ring is 1. The quantitative estimate of drug-likeness (QED) is 0.432. The average Bonchev–Trinajstić information content (AvgIpc) is 3.51. The first-order chi connectivity index (χ1) is 12.8. The summed E-state index contributed by atoms with van der Waals surface area (Å²) in [5.41, 5.74) is 7.98. The molecule has 2 N–H and O–H groups in total. The van der Waals surface area contributed by atoms with Gasteiger partial charge in [0.1, 0.15) is 22.5 Å². The summed E-state index contributed by atoms with van der Waals surface area (Å²) in [6.45, 7) is 0. The number of para-hydroxylation sites is 2. The summed E-state index contributed by atoms with van der Waals surface area (Å²) in [7, 11) is 0. The number of rotatable bonds is 4. The van der Waals surface area contributed by atoms with E-state index in [0.717, 1.165) is 38.5 Å². The SMILES string of the molecule is Nc1nc(CSc2nc(C3CC3)nc3ccccc23)nc2ccccc12. The third kappa shape index (κ3) is 2.86. The Balaban J connectivity index is 1.50. The van der Waals surface area contributed by atoms with Gasteiger partial charge in [0.2, 0.25) is 0 Å². The molecule has 0 amide bonds. The Hall–Kier alpha value is -2.73. The zero-order valence-electron chi connectivity index (χ0n) is 14.1. The van der Waals surface area contributed by atoms with Gasteiger partial charge in [0, 0.05) is 16.7 Å². The minimum absolute atomic E-state index is 0.520. The fourth-order valence-corrected chi connectivity index (χ4v) is 3.93. The summed E-state index contributed by atoms with van der Waals surface area (Å²) in [6, 6.07) is 16.0. The first kappa shape index (κ1) is 15.5. The lowest BCUT2D eigenvalue weighted by molar-refractivity contribution is 0.904. The molecule has 4 aromatic rings. The second-order valence-corrected chi connectivity index (χ2v) is 7.47. The van der Waals surface area contributed by atoms with Gasteiger partial charge in [-0.3, -0.25) is 0 Å². The molecule has 1 fully saturated rings. The average molecular weight is 359 g/mol. The molecule has 0 bridgehead atoms. The Bertz CT molecular complexity index is 1120. The van der Waals surface area contributed by atoms with E-state index in [1.165, 1.54) is 12.8 Å². The normalized spacial score (nSPS) is 14.2. The van der Waals surface area contributed by atoms with E-state index in [1.54, 1.807) is 11.8 Å². The van der Waals surface area contributed by atoms with Crippen molar-refractivity contribution in [2.24, 2.45) is 0 Å². The highest BCUT2D eigenvalue weighted by Gasteiger charge is 2.27. The third-order valence-corrected chi connectivity index (χ3v) is 5.53. The van der Waals surface area contributed by atoms with Crippen LogP contribution in [-0.2, 0) is 5.75 Å². The van der Waals surface area contributed by atoms with E-state index in [4.69, 9.17) is 15.7 Å². The van der Waals surface area contributed by atoms with E-state index in [-0.39, 0.29) is 0 Å². The zero-order chi connectivity index (χ0) is 17.5. The van der Waals surface area contributed by atoms with Crippen LogP contribution in [0.25, 0.3) is 21.8 Å². The number of anilines is 1. The summed E-state index contributed by atoms with van der Waals surface area (Å²) in [5, 5.41) is 2.97. The molecule has 1 aliphatic rings. The maximum atomic E-state index is 6.10. The molecule has 0 radical (unpaired) electrons. The van der Waals surface area contributed by atoms with Crippen molar-refractivity contribution < 1.29 is 0 Å². The van der Waals surface area contributed by atoms with Crippen molar-refractivity contribution in [3.63, 3.8) is 0 Å². The number of nitrogens with zero attached hydrogens (tertiary/aromatic N) is 4. The Morgan fingerprint density at radius 2 is 1.54 bits per heavy atom. The van der Waals surface area contributed by atoms with Crippen molar-refractivity contribution in [1.29, 1.82) is 0 Å². The van der Waals surface area contributed by atoms with Crippen LogP contribution in [-0.4, -0.2) is 19.9 Å². The van der Waals surface area contributed by atoms with Crippen molar-refractivity contribution >= 4 is 39.4 Å². The molecule has 1 aliphatic carbocycles. The van der Waals surface area contributed by atoms with Crippen LogP contribution in [0.15, 0.2) is 53.6 Å². The highest BCUT2D eigenvalue weighted by atomic mass is 32.2. The topological polar surface area (TPSA) is 77.6 Å². The minimum Gasteiger partial charge on any atom is -0.383 e. The van der Waals surface area contributed by atoms with E-state index in [0.29, 0.717) is 17.5 Å².